The van der Waals surface area contributed by atoms with E-state index in [1.165, 1.54) is 115 Å². The Kier molecular flexibility index (Phi) is 26.1. The minimum atomic E-state index is -4.35. The van der Waals surface area contributed by atoms with Crippen LogP contribution in [0.1, 0.15) is 153 Å². The molecule has 9 heteroatoms. The summed E-state index contributed by atoms with van der Waals surface area (Å²) in [5.74, 6) is 0. The van der Waals surface area contributed by atoms with Gasteiger partial charge in [0.15, 0.2) is 0 Å². The molecule has 0 fully saturated rings. The summed E-state index contributed by atoms with van der Waals surface area (Å²) in [5.41, 5.74) is 1.33. The molecule has 0 saturated carbocycles. The summed E-state index contributed by atoms with van der Waals surface area (Å²) in [6.45, 7) is 4.46. The zero-order chi connectivity index (χ0) is 32.5. The number of aryl methyl sites for hydroxylation is 2. The molecule has 258 valence electrons. The Hall–Kier alpha value is -1.22. The van der Waals surface area contributed by atoms with Gasteiger partial charge in [0, 0.05) is 0 Å². The average molecular weight is 707 g/mol. The van der Waals surface area contributed by atoms with Crippen LogP contribution in [-0.2, 0) is 50.1 Å². The summed E-state index contributed by atoms with van der Waals surface area (Å²) < 4.78 is 67.1. The Bertz CT molecular complexity index is 1120. The third-order valence-corrected chi connectivity index (χ3v) is 9.96. The Morgan fingerprint density at radius 3 is 0.933 bits per heavy atom. The van der Waals surface area contributed by atoms with Crippen molar-refractivity contribution < 1.29 is 43.0 Å². The summed E-state index contributed by atoms with van der Waals surface area (Å²) in [4.78, 5) is -0.100. The predicted octanol–water partition coefficient (Wildman–Crippen LogP) is 10.1. The van der Waals surface area contributed by atoms with Gasteiger partial charge in [0.05, 0.1) is 9.79 Å². The summed E-state index contributed by atoms with van der Waals surface area (Å²) in [6, 6.07) is 13.1. The smallest absolute Gasteiger partial charge is 0.744 e. The van der Waals surface area contributed by atoms with E-state index in [2.05, 4.69) is 13.8 Å². The number of rotatable bonds is 24. The molecule has 0 aromatic heterocycles. The van der Waals surface area contributed by atoms with Crippen LogP contribution in [0.25, 0.3) is 0 Å². The topological polar surface area (TPSA) is 114 Å². The van der Waals surface area contributed by atoms with E-state index in [-0.39, 0.29) is 26.9 Å². The van der Waals surface area contributed by atoms with Crippen molar-refractivity contribution in [2.75, 3.05) is 0 Å². The summed E-state index contributed by atoms with van der Waals surface area (Å²) in [6.07, 6.45) is 26.3. The molecule has 0 radical (unpaired) electrons. The van der Waals surface area contributed by atoms with Crippen LogP contribution in [0.3, 0.4) is 0 Å². The Labute approximate surface area is 286 Å². The summed E-state index contributed by atoms with van der Waals surface area (Å²) in [7, 11) is -8.69. The van der Waals surface area contributed by atoms with Crippen molar-refractivity contribution in [1.82, 2.24) is 0 Å². The van der Waals surface area contributed by atoms with Crippen LogP contribution >= 0.6 is 0 Å². The molecule has 0 bridgehead atoms. The molecule has 2 rings (SSSR count). The molecule has 0 saturated heterocycles. The molecule has 0 aliphatic carbocycles. The molecule has 2 aromatic carbocycles. The van der Waals surface area contributed by atoms with Crippen molar-refractivity contribution in [3.8, 4) is 0 Å². The van der Waals surface area contributed by atoms with Gasteiger partial charge in [0.1, 0.15) is 20.2 Å². The van der Waals surface area contributed by atoms with Gasteiger partial charge in [-0.3, -0.25) is 0 Å². The third-order valence-electron chi connectivity index (χ3n) is 8.08. The molecule has 0 unspecified atom stereocenters. The Morgan fingerprint density at radius 1 is 0.422 bits per heavy atom. The van der Waals surface area contributed by atoms with Gasteiger partial charge in [-0.05, 0) is 48.9 Å². The van der Waals surface area contributed by atoms with Crippen molar-refractivity contribution in [2.24, 2.45) is 0 Å². The first-order valence-electron chi connectivity index (χ1n) is 17.2. The number of hydrogen-bond donors (Lipinski definition) is 0. The quantitative estimate of drug-likeness (QED) is 0.0610. The minimum absolute atomic E-state index is 0. The molecule has 0 heterocycles. The van der Waals surface area contributed by atoms with E-state index in [0.717, 1.165) is 25.7 Å². The Balaban J connectivity index is 0.000000842. The first kappa shape index (κ1) is 43.8. The zero-order valence-corrected chi connectivity index (χ0v) is 30.5. The van der Waals surface area contributed by atoms with Crippen LogP contribution in [0.15, 0.2) is 58.3 Å². The number of hydrogen-bond acceptors (Lipinski definition) is 6. The van der Waals surface area contributed by atoms with Gasteiger partial charge in [-0.1, -0.05) is 166 Å². The molecular formula is C36H58FeO6S2. The van der Waals surface area contributed by atoms with Gasteiger partial charge in [0.25, 0.3) is 0 Å². The molecule has 0 spiro atoms. The second-order valence-corrected chi connectivity index (χ2v) is 14.7. The van der Waals surface area contributed by atoms with Crippen molar-refractivity contribution in [3.05, 3.63) is 59.7 Å². The summed E-state index contributed by atoms with van der Waals surface area (Å²) >= 11 is 0. The number of benzene rings is 2. The Morgan fingerprint density at radius 2 is 0.667 bits per heavy atom. The predicted molar refractivity (Wildman–Crippen MR) is 180 cm³/mol. The molecule has 6 nitrogen and oxygen atoms in total. The van der Waals surface area contributed by atoms with Gasteiger partial charge in [-0.2, -0.15) is 0 Å². The fourth-order valence-electron chi connectivity index (χ4n) is 5.51. The third kappa shape index (κ3) is 22.1. The molecule has 45 heavy (non-hydrogen) atoms. The first-order valence-corrected chi connectivity index (χ1v) is 20.0. The summed E-state index contributed by atoms with van der Waals surface area (Å²) in [5, 5.41) is 0. The molecule has 0 N–H and O–H groups in total. The van der Waals surface area contributed by atoms with E-state index in [1.807, 2.05) is 0 Å². The van der Waals surface area contributed by atoms with Crippen LogP contribution < -0.4 is 0 Å². The van der Waals surface area contributed by atoms with E-state index in [0.29, 0.717) is 24.0 Å². The zero-order valence-electron chi connectivity index (χ0n) is 27.8. The van der Waals surface area contributed by atoms with Crippen LogP contribution in [0.4, 0.5) is 0 Å². The monoisotopic (exact) mass is 706 g/mol. The molecule has 2 aromatic rings. The normalized spacial score (nSPS) is 11.5. The van der Waals surface area contributed by atoms with Crippen LogP contribution in [0, 0.1) is 0 Å². The van der Waals surface area contributed by atoms with Gasteiger partial charge in [-0.15, -0.1) is 0 Å². The second-order valence-electron chi connectivity index (χ2n) is 12.0. The molecule has 0 atom stereocenters. The molecular weight excluding hydrogens is 648 g/mol. The van der Waals surface area contributed by atoms with Crippen molar-refractivity contribution >= 4 is 20.2 Å². The fourth-order valence-corrected chi connectivity index (χ4v) is 6.99. The van der Waals surface area contributed by atoms with E-state index in [4.69, 9.17) is 0 Å². The van der Waals surface area contributed by atoms with Gasteiger partial charge >= 0.3 is 17.1 Å². The largest absolute Gasteiger partial charge is 2.00 e. The van der Waals surface area contributed by atoms with Gasteiger partial charge < -0.3 is 9.11 Å². The van der Waals surface area contributed by atoms with E-state index >= 15 is 0 Å². The maximum atomic E-state index is 11.2. The first-order chi connectivity index (χ1) is 21.1. The maximum absolute atomic E-state index is 11.2. The average Bonchev–Trinajstić information content (AvgIpc) is 2.99. The van der Waals surface area contributed by atoms with Crippen molar-refractivity contribution in [3.63, 3.8) is 0 Å². The second kappa shape index (κ2) is 26.8. The standard InChI is InChI=1S/2C18H30O3S.Fe/c2*1-2-3-4-5-6-7-8-9-10-11-14-17-15-12-13-16-18(17)22(19,20)21;/h2*12-13,15-16H,2-11,14H2,1H3,(H,19,20,21);/q;;+2/p-2. The molecule has 0 aliphatic heterocycles. The fraction of sp³-hybridized carbons (Fsp3) is 0.667. The van der Waals surface area contributed by atoms with Gasteiger partial charge in [0.2, 0.25) is 0 Å². The minimum Gasteiger partial charge on any atom is -0.744 e. The SMILES string of the molecule is CCCCCCCCCCCCc1ccccc1S(=O)(=O)[O-].CCCCCCCCCCCCc1ccccc1S(=O)(=O)[O-].[Fe+2]. The van der Waals surface area contributed by atoms with Crippen molar-refractivity contribution in [1.29, 1.82) is 0 Å². The van der Waals surface area contributed by atoms with E-state index in [9.17, 15) is 25.9 Å². The van der Waals surface area contributed by atoms with E-state index < -0.39 is 20.2 Å². The number of unbranched alkanes of at least 4 members (excludes halogenated alkanes) is 18. The van der Waals surface area contributed by atoms with Crippen LogP contribution in [0.5, 0.6) is 0 Å². The van der Waals surface area contributed by atoms with Gasteiger partial charge in [-0.25, -0.2) is 16.8 Å². The maximum Gasteiger partial charge on any atom is 2.00 e. The molecule has 0 aliphatic rings. The van der Waals surface area contributed by atoms with Crippen molar-refractivity contribution in [2.45, 2.75) is 165 Å². The van der Waals surface area contributed by atoms with E-state index in [1.54, 1.807) is 36.4 Å². The molecule has 0 amide bonds. The van der Waals surface area contributed by atoms with Crippen LogP contribution in [-0.4, -0.2) is 25.9 Å². The van der Waals surface area contributed by atoms with Crippen LogP contribution in [0.2, 0.25) is 0 Å².